The van der Waals surface area contributed by atoms with Gasteiger partial charge in [0.25, 0.3) is 0 Å². The van der Waals surface area contributed by atoms with Gasteiger partial charge in [0.05, 0.1) is 7.11 Å². The zero-order valence-corrected chi connectivity index (χ0v) is 8.87. The Morgan fingerprint density at radius 3 is 2.57 bits per heavy atom. The highest BCUT2D eigenvalue weighted by atomic mass is 16.5. The Labute approximate surface area is 85.8 Å². The molecule has 1 amide bonds. The number of carbonyl (C=O) groups is 2. The fourth-order valence-corrected chi connectivity index (χ4v) is 0.755. The van der Waals surface area contributed by atoms with Gasteiger partial charge >= 0.3 is 5.97 Å². The summed E-state index contributed by atoms with van der Waals surface area (Å²) in [6.07, 6.45) is 3.20. The summed E-state index contributed by atoms with van der Waals surface area (Å²) < 4.78 is 4.34. The van der Waals surface area contributed by atoms with Crippen LogP contribution in [0.25, 0.3) is 0 Å². The minimum atomic E-state index is -0.524. The van der Waals surface area contributed by atoms with Crippen LogP contribution in [-0.2, 0) is 14.3 Å². The molecule has 0 aliphatic rings. The molecule has 0 spiro atoms. The van der Waals surface area contributed by atoms with E-state index in [1.54, 1.807) is 0 Å². The molecule has 0 aromatic carbocycles. The molecule has 0 unspecified atom stereocenters. The Kier molecular flexibility index (Phi) is 6.45. The van der Waals surface area contributed by atoms with Crippen LogP contribution in [0.15, 0.2) is 12.2 Å². The molecule has 0 aromatic rings. The van der Waals surface area contributed by atoms with Gasteiger partial charge in [0.2, 0.25) is 5.91 Å². The van der Waals surface area contributed by atoms with Gasteiger partial charge in [0.15, 0.2) is 0 Å². The van der Waals surface area contributed by atoms with Crippen molar-refractivity contribution in [1.29, 1.82) is 0 Å². The molecule has 0 fully saturated rings. The highest BCUT2D eigenvalue weighted by molar-refractivity contribution is 5.94. The number of hydrogen-bond donors (Lipinski definition) is 1. The van der Waals surface area contributed by atoms with Crippen molar-refractivity contribution >= 4 is 11.9 Å². The minimum Gasteiger partial charge on any atom is -0.466 e. The molecule has 0 aromatic heterocycles. The molecule has 4 nitrogen and oxygen atoms in total. The molecular weight excluding hydrogens is 182 g/mol. The molecule has 0 rings (SSSR count). The number of nitrogens with one attached hydrogen (secondary N) is 1. The highest BCUT2D eigenvalue weighted by Gasteiger charge is 1.98. The third-order valence-corrected chi connectivity index (χ3v) is 1.59. The molecule has 0 radical (unpaired) electrons. The van der Waals surface area contributed by atoms with E-state index in [0.717, 1.165) is 12.5 Å². The Balaban J connectivity index is 0. The topological polar surface area (TPSA) is 55.4 Å². The Morgan fingerprint density at radius 1 is 1.43 bits per heavy atom. The molecule has 0 saturated carbocycles. The second kappa shape index (κ2) is 7.12. The Bertz CT molecular complexity index is 227. The number of rotatable bonds is 5. The Hall–Kier alpha value is -1.32. The van der Waals surface area contributed by atoms with Crippen LogP contribution < -0.4 is 5.32 Å². The molecule has 0 bridgehead atoms. The molecule has 0 saturated heterocycles. The van der Waals surface area contributed by atoms with Crippen molar-refractivity contribution in [3.05, 3.63) is 12.2 Å². The summed E-state index contributed by atoms with van der Waals surface area (Å²) in [6, 6.07) is 0. The van der Waals surface area contributed by atoms with Crippen molar-refractivity contribution in [2.45, 2.75) is 20.3 Å². The first-order valence-electron chi connectivity index (χ1n) is 4.60. The molecule has 0 heterocycles. The lowest BCUT2D eigenvalue weighted by molar-refractivity contribution is -0.135. The summed E-state index contributed by atoms with van der Waals surface area (Å²) in [7, 11) is 1.27. The summed E-state index contributed by atoms with van der Waals surface area (Å²) in [5.41, 5.74) is 0. The van der Waals surface area contributed by atoms with Gasteiger partial charge in [-0.3, -0.25) is 4.79 Å². The number of amides is 1. The second-order valence-electron chi connectivity index (χ2n) is 3.33. The normalized spacial score (nSPS) is 10.6. The largest absolute Gasteiger partial charge is 0.466 e. The van der Waals surface area contributed by atoms with E-state index < -0.39 is 5.97 Å². The van der Waals surface area contributed by atoms with Gasteiger partial charge in [-0.1, -0.05) is 13.8 Å². The summed E-state index contributed by atoms with van der Waals surface area (Å²) >= 11 is 0. The predicted molar refractivity (Wildman–Crippen MR) is 55.7 cm³/mol. The van der Waals surface area contributed by atoms with Gasteiger partial charge in [0.1, 0.15) is 0 Å². The number of esters is 1. The maximum atomic E-state index is 11.0. The van der Waals surface area contributed by atoms with E-state index in [1.807, 2.05) is 0 Å². The lowest BCUT2D eigenvalue weighted by atomic mass is 10.1. The van der Waals surface area contributed by atoms with E-state index in [9.17, 15) is 9.59 Å². The predicted octanol–water partition coefficient (Wildman–Crippen LogP) is 1.12. The van der Waals surface area contributed by atoms with Crippen LogP contribution in [0.1, 0.15) is 21.7 Å². The first-order chi connectivity index (χ1) is 6.56. The van der Waals surface area contributed by atoms with Crippen molar-refractivity contribution in [3.8, 4) is 0 Å². The molecule has 1 N–H and O–H groups in total. The van der Waals surface area contributed by atoms with Crippen molar-refractivity contribution in [2.75, 3.05) is 13.7 Å². The zero-order valence-electron chi connectivity index (χ0n) is 8.87. The van der Waals surface area contributed by atoms with Gasteiger partial charge in [-0.05, 0) is 12.3 Å². The third-order valence-electron chi connectivity index (χ3n) is 1.59. The SMILES string of the molecule is COC(=O)/C=C/C(=O)NCCC(C)C.[HH]. The van der Waals surface area contributed by atoms with Crippen LogP contribution in [0.4, 0.5) is 0 Å². The number of ether oxygens (including phenoxy) is 1. The van der Waals surface area contributed by atoms with Gasteiger partial charge in [-0.25, -0.2) is 4.79 Å². The molecule has 0 aliphatic heterocycles. The average Bonchev–Trinajstić information content (AvgIpc) is 2.13. The van der Waals surface area contributed by atoms with Crippen molar-refractivity contribution in [3.63, 3.8) is 0 Å². The van der Waals surface area contributed by atoms with Crippen LogP contribution in [0.5, 0.6) is 0 Å². The quantitative estimate of drug-likeness (QED) is 0.535. The van der Waals surface area contributed by atoms with Crippen LogP contribution >= 0.6 is 0 Å². The van der Waals surface area contributed by atoms with Crippen molar-refractivity contribution in [1.82, 2.24) is 5.32 Å². The summed E-state index contributed by atoms with van der Waals surface area (Å²) in [5, 5.41) is 2.66. The van der Waals surface area contributed by atoms with Gasteiger partial charge < -0.3 is 10.1 Å². The minimum absolute atomic E-state index is 0. The fraction of sp³-hybridized carbons (Fsp3) is 0.600. The highest BCUT2D eigenvalue weighted by Crippen LogP contribution is 1.95. The average molecular weight is 201 g/mol. The fourth-order valence-electron chi connectivity index (χ4n) is 0.755. The van der Waals surface area contributed by atoms with Crippen LogP contribution in [-0.4, -0.2) is 25.5 Å². The van der Waals surface area contributed by atoms with Crippen LogP contribution in [0.3, 0.4) is 0 Å². The van der Waals surface area contributed by atoms with E-state index in [-0.39, 0.29) is 7.33 Å². The number of methoxy groups -OCH3 is 1. The standard InChI is InChI=1S/C10H17NO3.H2/c1-8(2)6-7-11-9(12)4-5-10(13)14-3;/h4-5,8H,6-7H2,1-3H3,(H,11,12);1H/b5-4+;. The van der Waals surface area contributed by atoms with E-state index >= 15 is 0 Å². The maximum absolute atomic E-state index is 11.0. The Morgan fingerprint density at radius 2 is 2.07 bits per heavy atom. The van der Waals surface area contributed by atoms with E-state index in [2.05, 4.69) is 23.9 Å². The van der Waals surface area contributed by atoms with E-state index in [0.29, 0.717) is 12.5 Å². The first-order valence-corrected chi connectivity index (χ1v) is 4.60. The molecule has 4 heteroatoms. The van der Waals surface area contributed by atoms with Crippen molar-refractivity contribution in [2.24, 2.45) is 5.92 Å². The van der Waals surface area contributed by atoms with Gasteiger partial charge in [-0.15, -0.1) is 0 Å². The maximum Gasteiger partial charge on any atom is 0.330 e. The summed E-state index contributed by atoms with van der Waals surface area (Å²) in [4.78, 5) is 21.6. The van der Waals surface area contributed by atoms with Gasteiger partial charge in [0, 0.05) is 20.1 Å². The third kappa shape index (κ3) is 7.34. The summed E-state index contributed by atoms with van der Waals surface area (Å²) in [5.74, 6) is -0.236. The van der Waals surface area contributed by atoms with E-state index in [1.165, 1.54) is 13.2 Å². The number of carbonyl (C=O) groups excluding carboxylic acids is 2. The number of hydrogen-bond acceptors (Lipinski definition) is 3. The summed E-state index contributed by atoms with van der Waals surface area (Å²) in [6.45, 7) is 4.79. The molecule has 0 aliphatic carbocycles. The van der Waals surface area contributed by atoms with E-state index in [4.69, 9.17) is 0 Å². The van der Waals surface area contributed by atoms with Crippen LogP contribution in [0.2, 0.25) is 0 Å². The molecular formula is C10H19NO3. The van der Waals surface area contributed by atoms with Crippen LogP contribution in [0, 0.1) is 5.92 Å². The second-order valence-corrected chi connectivity index (χ2v) is 3.33. The smallest absolute Gasteiger partial charge is 0.330 e. The molecule has 0 atom stereocenters. The lowest BCUT2D eigenvalue weighted by Crippen LogP contribution is -2.23. The lowest BCUT2D eigenvalue weighted by Gasteiger charge is -2.04. The van der Waals surface area contributed by atoms with Gasteiger partial charge in [-0.2, -0.15) is 0 Å². The zero-order chi connectivity index (χ0) is 11.0. The molecule has 82 valence electrons. The molecule has 14 heavy (non-hydrogen) atoms. The first kappa shape index (κ1) is 12.7. The monoisotopic (exact) mass is 201 g/mol. The van der Waals surface area contributed by atoms with Crippen molar-refractivity contribution < 1.29 is 15.8 Å².